The molecule has 4 heteroatoms. The normalized spacial score (nSPS) is 10.3. The van der Waals surface area contributed by atoms with E-state index in [1.165, 1.54) is 0 Å². The number of carboxylic acids is 1. The summed E-state index contributed by atoms with van der Waals surface area (Å²) < 4.78 is 5.67. The van der Waals surface area contributed by atoms with Gasteiger partial charge in [0.05, 0.1) is 6.61 Å². The molecule has 0 fully saturated rings. The van der Waals surface area contributed by atoms with Gasteiger partial charge in [0.1, 0.15) is 5.75 Å². The van der Waals surface area contributed by atoms with Crippen LogP contribution < -0.4 is 4.74 Å². The number of carboxylic acid groups (broad SMARTS) is 1. The second-order valence-electron chi connectivity index (χ2n) is 4.20. The number of aliphatic carboxylic acids is 1. The highest BCUT2D eigenvalue weighted by Gasteiger charge is 2.07. The van der Waals surface area contributed by atoms with Gasteiger partial charge in [-0.05, 0) is 36.6 Å². The molecule has 0 atom stereocenters. The first-order valence-corrected chi connectivity index (χ1v) is 6.64. The Morgan fingerprint density at radius 2 is 2.17 bits per heavy atom. The summed E-state index contributed by atoms with van der Waals surface area (Å²) in [5, 5.41) is 9.31. The molecule has 0 bridgehead atoms. The molecule has 0 aromatic heterocycles. The van der Waals surface area contributed by atoms with Crippen LogP contribution in [0.15, 0.2) is 18.2 Å². The summed E-state index contributed by atoms with van der Waals surface area (Å²) in [7, 11) is 0. The number of hydrogen-bond donors (Lipinski definition) is 1. The van der Waals surface area contributed by atoms with Gasteiger partial charge in [0.2, 0.25) is 0 Å². The van der Waals surface area contributed by atoms with Gasteiger partial charge in [-0.25, -0.2) is 0 Å². The van der Waals surface area contributed by atoms with Crippen LogP contribution in [0.25, 0.3) is 0 Å². The van der Waals surface area contributed by atoms with Crippen LogP contribution in [0, 0.1) is 0 Å². The quantitative estimate of drug-likeness (QED) is 0.728. The van der Waals surface area contributed by atoms with Crippen LogP contribution in [0.2, 0.25) is 5.02 Å². The van der Waals surface area contributed by atoms with E-state index in [0.717, 1.165) is 30.6 Å². The van der Waals surface area contributed by atoms with Crippen molar-refractivity contribution < 1.29 is 14.6 Å². The number of rotatable bonds is 8. The summed E-state index contributed by atoms with van der Waals surface area (Å²) in [6.07, 6.45) is 3.83. The largest absolute Gasteiger partial charge is 0.493 e. The van der Waals surface area contributed by atoms with E-state index in [1.807, 2.05) is 6.07 Å². The number of hydrogen-bond acceptors (Lipinski definition) is 2. The first kappa shape index (κ1) is 14.8. The average molecular weight is 271 g/mol. The fourth-order valence-electron chi connectivity index (χ4n) is 1.66. The van der Waals surface area contributed by atoms with E-state index in [2.05, 4.69) is 6.92 Å². The SMILES string of the molecule is CCCCCOc1ccc(Cl)cc1CCC(=O)O. The maximum atomic E-state index is 10.6. The molecule has 0 aliphatic carbocycles. The van der Waals surface area contributed by atoms with Crippen LogP contribution in [0.1, 0.15) is 38.2 Å². The van der Waals surface area contributed by atoms with Crippen molar-refractivity contribution in [2.75, 3.05) is 6.61 Å². The maximum Gasteiger partial charge on any atom is 0.303 e. The standard InChI is InChI=1S/C14H19ClO3/c1-2-3-4-9-18-13-7-6-12(15)10-11(13)5-8-14(16)17/h6-7,10H,2-5,8-9H2,1H3,(H,16,17). The van der Waals surface area contributed by atoms with Crippen molar-refractivity contribution in [3.05, 3.63) is 28.8 Å². The highest BCUT2D eigenvalue weighted by Crippen LogP contribution is 2.24. The maximum absolute atomic E-state index is 10.6. The minimum absolute atomic E-state index is 0.0890. The molecule has 0 heterocycles. The van der Waals surface area contributed by atoms with Crippen molar-refractivity contribution in [2.24, 2.45) is 0 Å². The van der Waals surface area contributed by atoms with Gasteiger partial charge in [0.25, 0.3) is 0 Å². The smallest absolute Gasteiger partial charge is 0.303 e. The highest BCUT2D eigenvalue weighted by molar-refractivity contribution is 6.30. The second kappa shape index (κ2) is 7.98. The summed E-state index contributed by atoms with van der Waals surface area (Å²) in [4.78, 5) is 10.6. The summed E-state index contributed by atoms with van der Waals surface area (Å²) in [5.41, 5.74) is 0.862. The number of unbranched alkanes of at least 4 members (excludes halogenated alkanes) is 2. The lowest BCUT2D eigenvalue weighted by atomic mass is 10.1. The van der Waals surface area contributed by atoms with Crippen molar-refractivity contribution in [1.29, 1.82) is 0 Å². The Morgan fingerprint density at radius 3 is 2.83 bits per heavy atom. The number of aryl methyl sites for hydroxylation is 1. The summed E-state index contributed by atoms with van der Waals surface area (Å²) in [5.74, 6) is -0.0661. The molecule has 1 rings (SSSR count). The van der Waals surface area contributed by atoms with Crippen molar-refractivity contribution in [3.8, 4) is 5.75 Å². The lowest BCUT2D eigenvalue weighted by molar-refractivity contribution is -0.136. The molecule has 100 valence electrons. The van der Waals surface area contributed by atoms with Crippen LogP contribution >= 0.6 is 11.6 Å². The van der Waals surface area contributed by atoms with E-state index in [-0.39, 0.29) is 6.42 Å². The number of ether oxygens (including phenoxy) is 1. The number of halogens is 1. The Morgan fingerprint density at radius 1 is 1.39 bits per heavy atom. The van der Waals surface area contributed by atoms with Gasteiger partial charge < -0.3 is 9.84 Å². The molecular weight excluding hydrogens is 252 g/mol. The molecular formula is C14H19ClO3. The number of benzene rings is 1. The van der Waals surface area contributed by atoms with Crippen LogP contribution in [0.5, 0.6) is 5.75 Å². The summed E-state index contributed by atoms with van der Waals surface area (Å²) in [6.45, 7) is 2.80. The van der Waals surface area contributed by atoms with Gasteiger partial charge >= 0.3 is 5.97 Å². The van der Waals surface area contributed by atoms with Gasteiger partial charge in [-0.1, -0.05) is 31.4 Å². The third kappa shape index (κ3) is 5.41. The fourth-order valence-corrected chi connectivity index (χ4v) is 1.85. The molecule has 0 aliphatic rings. The Hall–Kier alpha value is -1.22. The monoisotopic (exact) mass is 270 g/mol. The van der Waals surface area contributed by atoms with Gasteiger partial charge in [0.15, 0.2) is 0 Å². The van der Waals surface area contributed by atoms with Gasteiger partial charge in [-0.15, -0.1) is 0 Å². The van der Waals surface area contributed by atoms with Crippen LogP contribution in [-0.2, 0) is 11.2 Å². The summed E-state index contributed by atoms with van der Waals surface area (Å²) in [6, 6.07) is 5.35. The molecule has 0 saturated carbocycles. The lowest BCUT2D eigenvalue weighted by Crippen LogP contribution is -2.03. The minimum Gasteiger partial charge on any atom is -0.493 e. The zero-order chi connectivity index (χ0) is 13.4. The van der Waals surface area contributed by atoms with Crippen molar-refractivity contribution in [3.63, 3.8) is 0 Å². The fraction of sp³-hybridized carbons (Fsp3) is 0.500. The molecule has 0 aliphatic heterocycles. The van der Waals surface area contributed by atoms with Crippen molar-refractivity contribution in [2.45, 2.75) is 39.0 Å². The first-order chi connectivity index (χ1) is 8.63. The molecule has 0 spiro atoms. The van der Waals surface area contributed by atoms with Gasteiger partial charge in [0, 0.05) is 11.4 Å². The van der Waals surface area contributed by atoms with Crippen LogP contribution in [-0.4, -0.2) is 17.7 Å². The third-order valence-corrected chi connectivity index (χ3v) is 2.87. The average Bonchev–Trinajstić information content (AvgIpc) is 2.34. The first-order valence-electron chi connectivity index (χ1n) is 6.26. The Kier molecular flexibility index (Phi) is 6.58. The molecule has 1 aromatic carbocycles. The Bertz CT molecular complexity index is 391. The van der Waals surface area contributed by atoms with Crippen molar-refractivity contribution in [1.82, 2.24) is 0 Å². The Labute approximate surface area is 113 Å². The predicted octanol–water partition coefficient (Wildman–Crippen LogP) is 3.93. The zero-order valence-electron chi connectivity index (χ0n) is 10.6. The molecule has 0 radical (unpaired) electrons. The molecule has 0 amide bonds. The lowest BCUT2D eigenvalue weighted by Gasteiger charge is -2.11. The van der Waals surface area contributed by atoms with Crippen molar-refractivity contribution >= 4 is 17.6 Å². The van der Waals surface area contributed by atoms with Gasteiger partial charge in [-0.2, -0.15) is 0 Å². The highest BCUT2D eigenvalue weighted by atomic mass is 35.5. The summed E-state index contributed by atoms with van der Waals surface area (Å²) >= 11 is 5.91. The predicted molar refractivity (Wildman–Crippen MR) is 72.4 cm³/mol. The third-order valence-electron chi connectivity index (χ3n) is 2.64. The molecule has 1 aromatic rings. The zero-order valence-corrected chi connectivity index (χ0v) is 11.4. The molecule has 1 N–H and O–H groups in total. The van der Waals surface area contributed by atoms with Crippen LogP contribution in [0.3, 0.4) is 0 Å². The number of carbonyl (C=O) groups is 1. The van der Waals surface area contributed by atoms with E-state index in [1.54, 1.807) is 12.1 Å². The Balaban J connectivity index is 2.61. The van der Waals surface area contributed by atoms with E-state index < -0.39 is 5.97 Å². The van der Waals surface area contributed by atoms with Gasteiger partial charge in [-0.3, -0.25) is 4.79 Å². The van der Waals surface area contributed by atoms with E-state index >= 15 is 0 Å². The molecule has 18 heavy (non-hydrogen) atoms. The van der Waals surface area contributed by atoms with E-state index in [0.29, 0.717) is 18.1 Å². The minimum atomic E-state index is -0.813. The van der Waals surface area contributed by atoms with E-state index in [4.69, 9.17) is 21.4 Å². The molecule has 0 saturated heterocycles. The molecule has 3 nitrogen and oxygen atoms in total. The topological polar surface area (TPSA) is 46.5 Å². The molecule has 0 unspecified atom stereocenters. The van der Waals surface area contributed by atoms with E-state index in [9.17, 15) is 4.79 Å². The van der Waals surface area contributed by atoms with Crippen LogP contribution in [0.4, 0.5) is 0 Å². The second-order valence-corrected chi connectivity index (χ2v) is 4.64.